The lowest BCUT2D eigenvalue weighted by Gasteiger charge is -2.19. The third-order valence-electron chi connectivity index (χ3n) is 3.39. The number of hydrogen-bond acceptors (Lipinski definition) is 2. The van der Waals surface area contributed by atoms with Crippen molar-refractivity contribution < 1.29 is 13.2 Å². The van der Waals surface area contributed by atoms with Gasteiger partial charge in [0.15, 0.2) is 0 Å². The van der Waals surface area contributed by atoms with Crippen molar-refractivity contribution in [2.24, 2.45) is 17.6 Å². The summed E-state index contributed by atoms with van der Waals surface area (Å²) in [4.78, 5) is 1.49. The van der Waals surface area contributed by atoms with E-state index in [9.17, 15) is 13.2 Å². The first kappa shape index (κ1) is 10.2. The van der Waals surface area contributed by atoms with Gasteiger partial charge in [-0.15, -0.1) is 0 Å². The van der Waals surface area contributed by atoms with Crippen molar-refractivity contribution in [3.8, 4) is 0 Å². The molecule has 2 rings (SSSR count). The standard InChI is InChI=1S/C9H15F3N2/c10-9(11,12)5-14-3-6-1-2-8(13)7(6)4-14/h6-8H,1-5,13H2. The highest BCUT2D eigenvalue weighted by atomic mass is 19.4. The Bertz CT molecular complexity index is 217. The minimum Gasteiger partial charge on any atom is -0.327 e. The number of likely N-dealkylation sites (tertiary alicyclic amines) is 1. The second-order valence-electron chi connectivity index (χ2n) is 4.47. The van der Waals surface area contributed by atoms with Gasteiger partial charge in [0.25, 0.3) is 0 Å². The maximum absolute atomic E-state index is 12.1. The first-order valence-electron chi connectivity index (χ1n) is 5.00. The van der Waals surface area contributed by atoms with E-state index in [-0.39, 0.29) is 6.04 Å². The molecule has 2 fully saturated rings. The molecule has 5 heteroatoms. The second-order valence-corrected chi connectivity index (χ2v) is 4.47. The number of alkyl halides is 3. The molecule has 1 heterocycles. The van der Waals surface area contributed by atoms with Crippen LogP contribution in [0.25, 0.3) is 0 Å². The fraction of sp³-hybridized carbons (Fsp3) is 1.00. The molecule has 0 radical (unpaired) electrons. The predicted molar refractivity (Wildman–Crippen MR) is 46.7 cm³/mol. The molecule has 3 unspecified atom stereocenters. The van der Waals surface area contributed by atoms with E-state index >= 15 is 0 Å². The molecule has 2 N–H and O–H groups in total. The van der Waals surface area contributed by atoms with Crippen LogP contribution in [-0.4, -0.2) is 36.8 Å². The Morgan fingerprint density at radius 1 is 1.21 bits per heavy atom. The van der Waals surface area contributed by atoms with E-state index in [0.717, 1.165) is 12.8 Å². The summed E-state index contributed by atoms with van der Waals surface area (Å²) in [6.45, 7) is 0.343. The monoisotopic (exact) mass is 208 g/mol. The Labute approximate surface area is 81.2 Å². The van der Waals surface area contributed by atoms with E-state index in [1.807, 2.05) is 0 Å². The van der Waals surface area contributed by atoms with Gasteiger partial charge in [0, 0.05) is 19.1 Å². The predicted octanol–water partition coefficient (Wildman–Crippen LogP) is 1.22. The van der Waals surface area contributed by atoms with Gasteiger partial charge < -0.3 is 5.73 Å². The van der Waals surface area contributed by atoms with Gasteiger partial charge >= 0.3 is 6.18 Å². The van der Waals surface area contributed by atoms with Crippen molar-refractivity contribution in [2.75, 3.05) is 19.6 Å². The molecule has 0 bridgehead atoms. The highest BCUT2D eigenvalue weighted by Crippen LogP contribution is 2.37. The number of nitrogens with two attached hydrogens (primary N) is 1. The van der Waals surface area contributed by atoms with Crippen LogP contribution in [0.2, 0.25) is 0 Å². The topological polar surface area (TPSA) is 29.3 Å². The van der Waals surface area contributed by atoms with Crippen LogP contribution in [0.5, 0.6) is 0 Å². The van der Waals surface area contributed by atoms with Gasteiger partial charge in [0.1, 0.15) is 0 Å². The number of hydrogen-bond donors (Lipinski definition) is 1. The van der Waals surface area contributed by atoms with Gasteiger partial charge in [-0.1, -0.05) is 0 Å². The summed E-state index contributed by atoms with van der Waals surface area (Å²) in [5, 5.41) is 0. The van der Waals surface area contributed by atoms with Crippen LogP contribution in [-0.2, 0) is 0 Å². The SMILES string of the molecule is NC1CCC2CN(CC(F)(F)F)CC12. The Morgan fingerprint density at radius 3 is 2.50 bits per heavy atom. The molecule has 0 aromatic carbocycles. The fourth-order valence-corrected chi connectivity index (χ4v) is 2.78. The number of nitrogens with zero attached hydrogens (tertiary/aromatic N) is 1. The van der Waals surface area contributed by atoms with E-state index in [1.54, 1.807) is 0 Å². The third kappa shape index (κ3) is 2.03. The quantitative estimate of drug-likeness (QED) is 0.702. The first-order chi connectivity index (χ1) is 6.46. The fourth-order valence-electron chi connectivity index (χ4n) is 2.78. The Morgan fingerprint density at radius 2 is 1.93 bits per heavy atom. The largest absolute Gasteiger partial charge is 0.401 e. The molecule has 82 valence electrons. The molecule has 2 nitrogen and oxygen atoms in total. The number of fused-ring (bicyclic) bond motifs is 1. The zero-order valence-electron chi connectivity index (χ0n) is 7.93. The summed E-state index contributed by atoms with van der Waals surface area (Å²) in [6.07, 6.45) is -2.09. The molecular weight excluding hydrogens is 193 g/mol. The normalized spacial score (nSPS) is 39.0. The van der Waals surface area contributed by atoms with E-state index in [0.29, 0.717) is 24.9 Å². The summed E-state index contributed by atoms with van der Waals surface area (Å²) >= 11 is 0. The van der Waals surface area contributed by atoms with E-state index in [2.05, 4.69) is 0 Å². The third-order valence-corrected chi connectivity index (χ3v) is 3.39. The maximum Gasteiger partial charge on any atom is 0.401 e. The van der Waals surface area contributed by atoms with Crippen molar-refractivity contribution in [3.63, 3.8) is 0 Å². The molecule has 14 heavy (non-hydrogen) atoms. The average Bonchev–Trinajstić information content (AvgIpc) is 2.51. The average molecular weight is 208 g/mol. The number of rotatable bonds is 1. The lowest BCUT2D eigenvalue weighted by Crippen LogP contribution is -2.35. The van der Waals surface area contributed by atoms with Gasteiger partial charge in [-0.25, -0.2) is 0 Å². The molecule has 0 amide bonds. The Balaban J connectivity index is 1.90. The lowest BCUT2D eigenvalue weighted by molar-refractivity contribution is -0.144. The van der Waals surface area contributed by atoms with E-state index in [1.165, 1.54) is 4.90 Å². The molecule has 1 saturated carbocycles. The molecule has 1 aliphatic heterocycles. The lowest BCUT2D eigenvalue weighted by atomic mass is 9.98. The molecular formula is C9H15F3N2. The number of halogens is 3. The molecule has 0 aromatic rings. The van der Waals surface area contributed by atoms with E-state index < -0.39 is 12.7 Å². The van der Waals surface area contributed by atoms with E-state index in [4.69, 9.17) is 5.73 Å². The zero-order valence-corrected chi connectivity index (χ0v) is 7.93. The van der Waals surface area contributed by atoms with Gasteiger partial charge in [-0.3, -0.25) is 4.90 Å². The highest BCUT2D eigenvalue weighted by molar-refractivity contribution is 4.95. The molecule has 1 saturated heterocycles. The van der Waals surface area contributed by atoms with Gasteiger partial charge in [0.05, 0.1) is 6.54 Å². The van der Waals surface area contributed by atoms with Crippen molar-refractivity contribution in [3.05, 3.63) is 0 Å². The first-order valence-corrected chi connectivity index (χ1v) is 5.00. The van der Waals surface area contributed by atoms with Crippen LogP contribution in [0.1, 0.15) is 12.8 Å². The summed E-state index contributed by atoms with van der Waals surface area (Å²) in [6, 6.07) is 0.123. The van der Waals surface area contributed by atoms with Crippen molar-refractivity contribution in [1.29, 1.82) is 0 Å². The maximum atomic E-state index is 12.1. The smallest absolute Gasteiger partial charge is 0.327 e. The molecule has 1 aliphatic carbocycles. The van der Waals surface area contributed by atoms with Crippen LogP contribution in [0.15, 0.2) is 0 Å². The summed E-state index contributed by atoms with van der Waals surface area (Å²) in [5.74, 6) is 0.713. The summed E-state index contributed by atoms with van der Waals surface area (Å²) in [7, 11) is 0. The van der Waals surface area contributed by atoms with Gasteiger partial charge in [-0.05, 0) is 24.7 Å². The van der Waals surface area contributed by atoms with Crippen molar-refractivity contribution >= 4 is 0 Å². The van der Waals surface area contributed by atoms with Crippen molar-refractivity contribution in [1.82, 2.24) is 4.90 Å². The van der Waals surface area contributed by atoms with Crippen LogP contribution in [0.3, 0.4) is 0 Å². The molecule has 3 atom stereocenters. The van der Waals surface area contributed by atoms with Crippen LogP contribution < -0.4 is 5.73 Å². The van der Waals surface area contributed by atoms with Gasteiger partial charge in [-0.2, -0.15) is 13.2 Å². The van der Waals surface area contributed by atoms with Crippen LogP contribution >= 0.6 is 0 Å². The van der Waals surface area contributed by atoms with Crippen LogP contribution in [0.4, 0.5) is 13.2 Å². The van der Waals surface area contributed by atoms with Gasteiger partial charge in [0.2, 0.25) is 0 Å². The highest BCUT2D eigenvalue weighted by Gasteiger charge is 2.43. The molecule has 0 aromatic heterocycles. The second kappa shape index (κ2) is 3.38. The zero-order chi connectivity index (χ0) is 10.3. The molecule has 2 aliphatic rings. The van der Waals surface area contributed by atoms with Crippen LogP contribution in [0, 0.1) is 11.8 Å². The summed E-state index contributed by atoms with van der Waals surface area (Å²) < 4.78 is 36.3. The minimum absolute atomic E-state index is 0.123. The Kier molecular flexibility index (Phi) is 2.47. The minimum atomic E-state index is -4.07. The summed E-state index contributed by atoms with van der Waals surface area (Å²) in [5.41, 5.74) is 5.84. The Hall–Kier alpha value is -0.290. The molecule has 0 spiro atoms. The van der Waals surface area contributed by atoms with Crippen molar-refractivity contribution in [2.45, 2.75) is 25.1 Å².